The van der Waals surface area contributed by atoms with E-state index in [0.717, 1.165) is 83.5 Å². The maximum atomic E-state index is 13.1. The molecule has 9 nitrogen and oxygen atoms in total. The summed E-state index contributed by atoms with van der Waals surface area (Å²) >= 11 is 0. The molecule has 0 bridgehead atoms. The standard InChI is InChI=1S/C76H133NO8/c1-3-5-7-9-11-13-15-17-19-21-23-25-27-29-31-33-34-35-36-38-40-42-44-46-48-50-52-54-56-58-60-62-64-66-72(80)77-69(68-84-76-75(83)74(82)73(81)71(67-78)85-76)70(79)65-63-61-59-57-55-53-51-49-47-45-43-41-39-37-32-30-28-26-24-22-20-18-16-14-12-10-8-6-4-2/h5,7,11,13,17,19,23,25,29,31,34-35,47,49,55,57,63,65,69-71,73-76,78-79,81-83H,3-4,6,8-10,12,14-16,18,20-22,24,26-28,30,32-33,36-46,48,50-54,56,58-62,64,66-68H2,1-2H3,(H,77,80)/b7-5-,13-11-,19-17-,25-23-,31-29-,35-34-,49-47+,57-55+,65-63+. The van der Waals surface area contributed by atoms with Crippen molar-refractivity contribution in [3.05, 3.63) is 109 Å². The van der Waals surface area contributed by atoms with E-state index in [2.05, 4.69) is 116 Å². The van der Waals surface area contributed by atoms with Crippen molar-refractivity contribution in [3.8, 4) is 0 Å². The van der Waals surface area contributed by atoms with Crippen LogP contribution >= 0.6 is 0 Å². The van der Waals surface area contributed by atoms with Crippen LogP contribution in [0.3, 0.4) is 0 Å². The molecule has 0 aromatic carbocycles. The lowest BCUT2D eigenvalue weighted by Crippen LogP contribution is -2.60. The van der Waals surface area contributed by atoms with Crippen LogP contribution in [-0.4, -0.2) is 87.5 Å². The summed E-state index contributed by atoms with van der Waals surface area (Å²) in [6, 6.07) is -0.837. The zero-order chi connectivity index (χ0) is 61.4. The lowest BCUT2D eigenvalue weighted by Gasteiger charge is -2.40. The van der Waals surface area contributed by atoms with Crippen molar-refractivity contribution in [2.45, 2.75) is 352 Å². The molecule has 1 aliphatic rings. The van der Waals surface area contributed by atoms with Crippen LogP contribution in [0.2, 0.25) is 0 Å². The number of carbonyl (C=O) groups excluding carboxylic acids is 1. The second-order valence-corrected chi connectivity index (χ2v) is 24.3. The van der Waals surface area contributed by atoms with Gasteiger partial charge in [-0.3, -0.25) is 4.79 Å². The summed E-state index contributed by atoms with van der Waals surface area (Å²) in [5.74, 6) is -0.192. The lowest BCUT2D eigenvalue weighted by atomic mass is 9.99. The highest BCUT2D eigenvalue weighted by molar-refractivity contribution is 5.76. The van der Waals surface area contributed by atoms with Crippen LogP contribution in [0.1, 0.15) is 309 Å². The average molecular weight is 1190 g/mol. The molecule has 0 spiro atoms. The van der Waals surface area contributed by atoms with E-state index in [1.165, 1.54) is 205 Å². The molecule has 9 heteroatoms. The Labute approximate surface area is 523 Å². The number of aliphatic hydroxyl groups excluding tert-OH is 5. The molecule has 1 rings (SSSR count). The molecule has 7 unspecified atom stereocenters. The van der Waals surface area contributed by atoms with Gasteiger partial charge in [-0.15, -0.1) is 0 Å². The second kappa shape index (κ2) is 63.9. The molecule has 6 N–H and O–H groups in total. The summed E-state index contributed by atoms with van der Waals surface area (Å²) < 4.78 is 11.3. The third-order valence-corrected chi connectivity index (χ3v) is 16.3. The van der Waals surface area contributed by atoms with Crippen molar-refractivity contribution < 1.29 is 39.8 Å². The first-order valence-corrected chi connectivity index (χ1v) is 35.6. The van der Waals surface area contributed by atoms with Gasteiger partial charge >= 0.3 is 0 Å². The Hall–Kier alpha value is -3.15. The second-order valence-electron chi connectivity index (χ2n) is 24.3. The largest absolute Gasteiger partial charge is 0.394 e. The quantitative estimate of drug-likeness (QED) is 0.0261. The van der Waals surface area contributed by atoms with Gasteiger partial charge in [-0.2, -0.15) is 0 Å². The Kier molecular flexibility index (Phi) is 60.0. The van der Waals surface area contributed by atoms with Crippen molar-refractivity contribution >= 4 is 5.91 Å². The van der Waals surface area contributed by atoms with E-state index in [1.54, 1.807) is 6.08 Å². The van der Waals surface area contributed by atoms with E-state index in [9.17, 15) is 30.3 Å². The van der Waals surface area contributed by atoms with E-state index >= 15 is 0 Å². The van der Waals surface area contributed by atoms with Gasteiger partial charge in [0.1, 0.15) is 24.4 Å². The summed E-state index contributed by atoms with van der Waals surface area (Å²) in [7, 11) is 0. The van der Waals surface area contributed by atoms with Crippen molar-refractivity contribution in [3.63, 3.8) is 0 Å². The average Bonchev–Trinajstić information content (AvgIpc) is 3.68. The first kappa shape index (κ1) is 79.9. The summed E-state index contributed by atoms with van der Waals surface area (Å²) in [5.41, 5.74) is 0. The molecule has 1 aliphatic heterocycles. The van der Waals surface area contributed by atoms with Gasteiger partial charge in [0, 0.05) is 6.42 Å². The van der Waals surface area contributed by atoms with Gasteiger partial charge in [-0.05, 0) is 96.3 Å². The van der Waals surface area contributed by atoms with Crippen molar-refractivity contribution in [2.24, 2.45) is 0 Å². The summed E-state index contributed by atoms with van der Waals surface area (Å²) in [6.07, 6.45) is 87.7. The van der Waals surface area contributed by atoms with Gasteiger partial charge < -0.3 is 40.3 Å². The molecule has 0 aromatic heterocycles. The number of unbranched alkanes of at least 4 members (excludes halogenated alkanes) is 35. The predicted molar refractivity (Wildman–Crippen MR) is 364 cm³/mol. The van der Waals surface area contributed by atoms with Crippen LogP contribution in [0.15, 0.2) is 109 Å². The lowest BCUT2D eigenvalue weighted by molar-refractivity contribution is -0.302. The van der Waals surface area contributed by atoms with Gasteiger partial charge in [0.2, 0.25) is 5.91 Å². The molecular weight excluding hydrogens is 1050 g/mol. The highest BCUT2D eigenvalue weighted by Crippen LogP contribution is 2.23. The highest BCUT2D eigenvalue weighted by Gasteiger charge is 2.44. The predicted octanol–water partition coefficient (Wildman–Crippen LogP) is 19.6. The van der Waals surface area contributed by atoms with E-state index in [1.807, 2.05) is 6.08 Å². The fourth-order valence-corrected chi connectivity index (χ4v) is 10.8. The van der Waals surface area contributed by atoms with Crippen LogP contribution < -0.4 is 5.32 Å². The number of nitrogens with one attached hydrogen (secondary N) is 1. The Morgan fingerprint density at radius 3 is 1.13 bits per heavy atom. The molecular formula is C76H133NO8. The van der Waals surface area contributed by atoms with Crippen molar-refractivity contribution in [1.29, 1.82) is 0 Å². The Balaban J connectivity index is 2.17. The maximum Gasteiger partial charge on any atom is 0.220 e. The first-order valence-electron chi connectivity index (χ1n) is 35.6. The number of ether oxygens (including phenoxy) is 2. The fraction of sp³-hybridized carbons (Fsp3) is 0.750. The van der Waals surface area contributed by atoms with Crippen LogP contribution in [0.5, 0.6) is 0 Å². The van der Waals surface area contributed by atoms with Crippen LogP contribution in [0.25, 0.3) is 0 Å². The first-order chi connectivity index (χ1) is 41.8. The van der Waals surface area contributed by atoms with E-state index in [0.29, 0.717) is 6.42 Å². The fourth-order valence-electron chi connectivity index (χ4n) is 10.8. The van der Waals surface area contributed by atoms with E-state index in [4.69, 9.17) is 9.47 Å². The SMILES string of the molecule is CC/C=C\C/C=C\C/C=C\C/C=C\C/C=C\C/C=C\CCCCCCCCCCCCCCCCC(=O)NC(COC1OC(CO)C(O)C(O)C1O)C(O)/C=C/CC/C=C/CC/C=C/CCCCCCCCCCCCCCCCCCCCC. The number of aliphatic hydroxyl groups is 5. The minimum absolute atomic E-state index is 0.192. The number of allylic oxidation sites excluding steroid dienone is 17. The number of amides is 1. The molecule has 85 heavy (non-hydrogen) atoms. The minimum Gasteiger partial charge on any atom is -0.394 e. The van der Waals surface area contributed by atoms with Gasteiger partial charge in [0.25, 0.3) is 0 Å². The van der Waals surface area contributed by atoms with Gasteiger partial charge in [-0.1, -0.05) is 316 Å². The summed E-state index contributed by atoms with van der Waals surface area (Å²) in [6.45, 7) is 3.67. The molecule has 0 radical (unpaired) electrons. The smallest absolute Gasteiger partial charge is 0.220 e. The maximum absolute atomic E-state index is 13.1. The zero-order valence-corrected chi connectivity index (χ0v) is 54.8. The number of carbonyl (C=O) groups is 1. The van der Waals surface area contributed by atoms with Gasteiger partial charge in [0.15, 0.2) is 6.29 Å². The zero-order valence-electron chi connectivity index (χ0n) is 54.8. The Bertz CT molecular complexity index is 1710. The topological polar surface area (TPSA) is 149 Å². The highest BCUT2D eigenvalue weighted by atomic mass is 16.7. The molecule has 7 atom stereocenters. The monoisotopic (exact) mass is 1190 g/mol. The molecule has 1 heterocycles. The molecule has 1 saturated heterocycles. The summed E-state index contributed by atoms with van der Waals surface area (Å²) in [5, 5.41) is 54.8. The van der Waals surface area contributed by atoms with E-state index < -0.39 is 49.5 Å². The number of rotatable bonds is 61. The Morgan fingerprint density at radius 1 is 0.412 bits per heavy atom. The summed E-state index contributed by atoms with van der Waals surface area (Å²) in [4.78, 5) is 13.1. The van der Waals surface area contributed by atoms with Crippen LogP contribution in [0, 0.1) is 0 Å². The van der Waals surface area contributed by atoms with Crippen LogP contribution in [-0.2, 0) is 14.3 Å². The Morgan fingerprint density at radius 2 is 0.741 bits per heavy atom. The molecule has 1 amide bonds. The van der Waals surface area contributed by atoms with Crippen LogP contribution in [0.4, 0.5) is 0 Å². The third-order valence-electron chi connectivity index (χ3n) is 16.3. The number of hydrogen-bond acceptors (Lipinski definition) is 8. The van der Waals surface area contributed by atoms with Gasteiger partial charge in [0.05, 0.1) is 25.4 Å². The molecule has 0 aliphatic carbocycles. The molecule has 0 aromatic rings. The molecule has 1 fully saturated rings. The van der Waals surface area contributed by atoms with Crippen molar-refractivity contribution in [1.82, 2.24) is 5.32 Å². The van der Waals surface area contributed by atoms with Crippen molar-refractivity contribution in [2.75, 3.05) is 13.2 Å². The third kappa shape index (κ3) is 52.5. The normalized spacial score (nSPS) is 18.8. The number of hydrogen-bond donors (Lipinski definition) is 6. The molecule has 490 valence electrons. The van der Waals surface area contributed by atoms with E-state index in [-0.39, 0.29) is 12.5 Å². The molecule has 0 saturated carbocycles. The van der Waals surface area contributed by atoms with Gasteiger partial charge in [-0.25, -0.2) is 0 Å². The minimum atomic E-state index is -1.58.